The quantitative estimate of drug-likeness (QED) is 0.818. The largest absolute Gasteiger partial charge is 0.493 e. The summed E-state index contributed by atoms with van der Waals surface area (Å²) in [5.74, 6) is 1.55. The van der Waals surface area contributed by atoms with Crippen LogP contribution in [0.2, 0.25) is 0 Å². The smallest absolute Gasteiger partial charge is 0.161 e. The summed E-state index contributed by atoms with van der Waals surface area (Å²) in [6.45, 7) is 10.5. The molecule has 0 spiro atoms. The summed E-state index contributed by atoms with van der Waals surface area (Å²) in [7, 11) is 1.67. The third-order valence-corrected chi connectivity index (χ3v) is 3.44. The summed E-state index contributed by atoms with van der Waals surface area (Å²) < 4.78 is 11.0. The number of benzene rings is 1. The van der Waals surface area contributed by atoms with Gasteiger partial charge >= 0.3 is 0 Å². The fourth-order valence-electron chi connectivity index (χ4n) is 2.49. The Hall–Kier alpha value is -1.23. The molecule has 2 rings (SSSR count). The zero-order chi connectivity index (χ0) is 14.4. The van der Waals surface area contributed by atoms with E-state index in [2.05, 4.69) is 35.9 Å². The van der Waals surface area contributed by atoms with E-state index in [9.17, 15) is 0 Å². The van der Waals surface area contributed by atoms with Crippen LogP contribution in [0.4, 0.5) is 0 Å². The summed E-state index contributed by atoms with van der Waals surface area (Å²) >= 11 is 0. The summed E-state index contributed by atoms with van der Waals surface area (Å²) in [5, 5.41) is 3.46. The number of ether oxygens (including phenoxy) is 2. The molecule has 0 amide bonds. The number of nitrogens with one attached hydrogen (secondary N) is 1. The Kier molecular flexibility index (Phi) is 7.57. The van der Waals surface area contributed by atoms with E-state index in [1.807, 2.05) is 6.07 Å². The van der Waals surface area contributed by atoms with Gasteiger partial charge in [-0.1, -0.05) is 18.7 Å². The van der Waals surface area contributed by atoms with Gasteiger partial charge in [0.25, 0.3) is 0 Å². The van der Waals surface area contributed by atoms with Gasteiger partial charge in [-0.05, 0) is 24.6 Å². The molecule has 5 heteroatoms. The zero-order valence-electron chi connectivity index (χ0n) is 12.8. The monoisotopic (exact) mass is 312 g/mol. The topological polar surface area (TPSA) is 33.7 Å². The van der Waals surface area contributed by atoms with Gasteiger partial charge < -0.3 is 14.8 Å². The highest BCUT2D eigenvalue weighted by atomic mass is 35.5. The summed E-state index contributed by atoms with van der Waals surface area (Å²) in [6, 6.07) is 6.70. The molecule has 0 aromatic heterocycles. The van der Waals surface area contributed by atoms with E-state index in [0.29, 0.717) is 12.6 Å². The Labute approximate surface area is 133 Å². The molecule has 0 bridgehead atoms. The van der Waals surface area contributed by atoms with Crippen LogP contribution in [0, 0.1) is 0 Å². The lowest BCUT2D eigenvalue weighted by Gasteiger charge is -2.31. The molecule has 0 radical (unpaired) electrons. The van der Waals surface area contributed by atoms with E-state index in [0.717, 1.165) is 37.7 Å². The molecule has 21 heavy (non-hydrogen) atoms. The van der Waals surface area contributed by atoms with Crippen molar-refractivity contribution in [3.63, 3.8) is 0 Å². The van der Waals surface area contributed by atoms with Gasteiger partial charge in [-0.15, -0.1) is 12.4 Å². The second kappa shape index (κ2) is 8.93. The van der Waals surface area contributed by atoms with Crippen molar-refractivity contribution in [3.8, 4) is 11.5 Å². The van der Waals surface area contributed by atoms with Crippen molar-refractivity contribution in [2.45, 2.75) is 19.5 Å². The van der Waals surface area contributed by atoms with Gasteiger partial charge in [-0.2, -0.15) is 0 Å². The normalized spacial score (nSPS) is 18.7. The molecule has 1 aromatic carbocycles. The molecular weight excluding hydrogens is 288 g/mol. The second-order valence-corrected chi connectivity index (χ2v) is 5.18. The number of nitrogens with zero attached hydrogens (tertiary/aromatic N) is 1. The number of methoxy groups -OCH3 is 1. The van der Waals surface area contributed by atoms with Crippen molar-refractivity contribution in [2.75, 3.05) is 33.4 Å². The molecule has 1 aromatic rings. The van der Waals surface area contributed by atoms with E-state index in [4.69, 9.17) is 9.47 Å². The van der Waals surface area contributed by atoms with Gasteiger partial charge in [-0.25, -0.2) is 0 Å². The minimum atomic E-state index is 0. The number of hydrogen-bond acceptors (Lipinski definition) is 4. The second-order valence-electron chi connectivity index (χ2n) is 5.18. The van der Waals surface area contributed by atoms with Crippen molar-refractivity contribution in [2.24, 2.45) is 0 Å². The van der Waals surface area contributed by atoms with Gasteiger partial charge in [0.05, 0.1) is 7.11 Å². The Morgan fingerprint density at radius 2 is 2.24 bits per heavy atom. The van der Waals surface area contributed by atoms with Crippen molar-refractivity contribution >= 4 is 12.4 Å². The lowest BCUT2D eigenvalue weighted by atomic mass is 10.1. The highest BCUT2D eigenvalue weighted by Gasteiger charge is 2.16. The first-order valence-electron chi connectivity index (χ1n) is 7.09. The van der Waals surface area contributed by atoms with E-state index < -0.39 is 0 Å². The maximum atomic E-state index is 5.57. The fraction of sp³-hybridized carbons (Fsp3) is 0.500. The van der Waals surface area contributed by atoms with Crippen LogP contribution >= 0.6 is 12.4 Å². The molecule has 0 saturated carbocycles. The number of halogens is 1. The van der Waals surface area contributed by atoms with E-state index in [1.165, 1.54) is 5.56 Å². The number of hydrogen-bond donors (Lipinski definition) is 1. The number of rotatable bonds is 6. The van der Waals surface area contributed by atoms with E-state index in [-0.39, 0.29) is 12.4 Å². The Bertz CT molecular complexity index is 454. The van der Waals surface area contributed by atoms with Crippen LogP contribution in [0.5, 0.6) is 11.5 Å². The molecule has 1 aliphatic heterocycles. The molecule has 1 heterocycles. The van der Waals surface area contributed by atoms with Gasteiger partial charge in [-0.3, -0.25) is 4.90 Å². The van der Waals surface area contributed by atoms with Crippen LogP contribution in [0.15, 0.2) is 30.9 Å². The predicted molar refractivity (Wildman–Crippen MR) is 88.7 cm³/mol. The molecule has 0 aliphatic carbocycles. The minimum absolute atomic E-state index is 0. The Morgan fingerprint density at radius 1 is 1.43 bits per heavy atom. The molecule has 1 fully saturated rings. The van der Waals surface area contributed by atoms with Crippen LogP contribution in [0.1, 0.15) is 12.5 Å². The molecule has 4 nitrogen and oxygen atoms in total. The summed E-state index contributed by atoms with van der Waals surface area (Å²) in [4.78, 5) is 2.46. The predicted octanol–water partition coefficient (Wildman–Crippen LogP) is 2.48. The fourth-order valence-corrected chi connectivity index (χ4v) is 2.49. The highest BCUT2D eigenvalue weighted by molar-refractivity contribution is 5.85. The molecule has 1 saturated heterocycles. The standard InChI is InChI=1S/C16H24N2O2.ClH/c1-4-9-20-15-6-5-14(10-16(15)19-3)12-18-8-7-17-13(2)11-18;/h4-6,10,13,17H,1,7-9,11-12H2,2-3H3;1H/t13-;/m0./s1. The molecule has 1 atom stereocenters. The van der Waals surface area contributed by atoms with Crippen molar-refractivity contribution in [3.05, 3.63) is 36.4 Å². The van der Waals surface area contributed by atoms with Crippen LogP contribution < -0.4 is 14.8 Å². The average Bonchev–Trinajstić information content (AvgIpc) is 2.46. The van der Waals surface area contributed by atoms with Crippen LogP contribution in [-0.2, 0) is 6.54 Å². The lowest BCUT2D eigenvalue weighted by Crippen LogP contribution is -2.48. The third kappa shape index (κ3) is 5.23. The molecule has 1 N–H and O–H groups in total. The van der Waals surface area contributed by atoms with Crippen LogP contribution in [0.25, 0.3) is 0 Å². The molecule has 1 aliphatic rings. The van der Waals surface area contributed by atoms with Gasteiger partial charge in [0.2, 0.25) is 0 Å². The molecule has 0 unspecified atom stereocenters. The lowest BCUT2D eigenvalue weighted by molar-refractivity contribution is 0.199. The number of piperazine rings is 1. The maximum absolute atomic E-state index is 5.57. The first-order chi connectivity index (χ1) is 9.72. The van der Waals surface area contributed by atoms with Crippen molar-refractivity contribution in [1.82, 2.24) is 10.2 Å². The molecular formula is C16H25ClN2O2. The summed E-state index contributed by atoms with van der Waals surface area (Å²) in [5.41, 5.74) is 1.25. The first kappa shape index (κ1) is 17.8. The Balaban J connectivity index is 0.00000220. The SMILES string of the molecule is C=CCOc1ccc(CN2CCN[C@@H](C)C2)cc1OC.Cl. The summed E-state index contributed by atoms with van der Waals surface area (Å²) in [6.07, 6.45) is 1.73. The Morgan fingerprint density at radius 3 is 2.90 bits per heavy atom. The van der Waals surface area contributed by atoms with Gasteiger partial charge in [0.1, 0.15) is 6.61 Å². The zero-order valence-corrected chi connectivity index (χ0v) is 13.6. The van der Waals surface area contributed by atoms with Gasteiger partial charge in [0.15, 0.2) is 11.5 Å². The first-order valence-corrected chi connectivity index (χ1v) is 7.09. The third-order valence-electron chi connectivity index (χ3n) is 3.44. The minimum Gasteiger partial charge on any atom is -0.493 e. The highest BCUT2D eigenvalue weighted by Crippen LogP contribution is 2.28. The van der Waals surface area contributed by atoms with Crippen LogP contribution in [-0.4, -0.2) is 44.3 Å². The maximum Gasteiger partial charge on any atom is 0.161 e. The van der Waals surface area contributed by atoms with E-state index in [1.54, 1.807) is 13.2 Å². The van der Waals surface area contributed by atoms with Crippen LogP contribution in [0.3, 0.4) is 0 Å². The van der Waals surface area contributed by atoms with Crippen molar-refractivity contribution in [1.29, 1.82) is 0 Å². The average molecular weight is 313 g/mol. The van der Waals surface area contributed by atoms with Gasteiger partial charge in [0, 0.05) is 32.2 Å². The van der Waals surface area contributed by atoms with E-state index >= 15 is 0 Å². The molecule has 118 valence electrons. The van der Waals surface area contributed by atoms with Crippen molar-refractivity contribution < 1.29 is 9.47 Å².